The van der Waals surface area contributed by atoms with Crippen molar-refractivity contribution in [2.75, 3.05) is 20.8 Å². The molecule has 2 aromatic rings. The summed E-state index contributed by atoms with van der Waals surface area (Å²) in [5.74, 6) is 1.69. The Hall–Kier alpha value is -2.43. The van der Waals surface area contributed by atoms with Crippen molar-refractivity contribution in [3.63, 3.8) is 0 Å². The molecule has 0 aliphatic heterocycles. The summed E-state index contributed by atoms with van der Waals surface area (Å²) in [6.45, 7) is 6.96. The monoisotopic (exact) mass is 362 g/mol. The van der Waals surface area contributed by atoms with Crippen molar-refractivity contribution in [1.29, 1.82) is 0 Å². The van der Waals surface area contributed by atoms with Crippen molar-refractivity contribution < 1.29 is 23.3 Å². The molecule has 0 radical (unpaired) electrons. The minimum atomic E-state index is -0.481. The van der Waals surface area contributed by atoms with Crippen LogP contribution >= 0.6 is 0 Å². The molecule has 142 valence electrons. The first kappa shape index (κ1) is 19.9. The first-order valence-electron chi connectivity index (χ1n) is 8.71. The molecule has 0 heterocycles. The highest BCUT2D eigenvalue weighted by molar-refractivity contribution is 5.47. The van der Waals surface area contributed by atoms with E-state index in [0.29, 0.717) is 29.6 Å². The van der Waals surface area contributed by atoms with Crippen LogP contribution in [0.4, 0.5) is 4.39 Å². The van der Waals surface area contributed by atoms with Crippen LogP contribution in [0.15, 0.2) is 36.4 Å². The van der Waals surface area contributed by atoms with Crippen LogP contribution in [0.5, 0.6) is 28.7 Å². The fourth-order valence-electron chi connectivity index (χ4n) is 2.69. The van der Waals surface area contributed by atoms with Gasteiger partial charge in [0.2, 0.25) is 0 Å². The van der Waals surface area contributed by atoms with Gasteiger partial charge in [-0.3, -0.25) is 0 Å². The van der Waals surface area contributed by atoms with E-state index in [1.807, 2.05) is 0 Å². The van der Waals surface area contributed by atoms with E-state index in [-0.39, 0.29) is 11.2 Å². The third kappa shape index (κ3) is 5.28. The second kappa shape index (κ2) is 8.79. The number of hydrogen-bond acceptors (Lipinski definition) is 4. The van der Waals surface area contributed by atoms with Crippen LogP contribution < -0.4 is 18.9 Å². The van der Waals surface area contributed by atoms with Gasteiger partial charge in [-0.05, 0) is 36.1 Å². The molecule has 2 aromatic carbocycles. The zero-order chi connectivity index (χ0) is 19.2. The summed E-state index contributed by atoms with van der Waals surface area (Å²) in [6.07, 6.45) is 2.14. The Bertz CT molecular complexity index is 728. The number of halogens is 1. The maximum atomic E-state index is 14.4. The van der Waals surface area contributed by atoms with Gasteiger partial charge in [0.15, 0.2) is 23.1 Å². The molecule has 4 nitrogen and oxygen atoms in total. The van der Waals surface area contributed by atoms with Gasteiger partial charge in [0.05, 0.1) is 20.8 Å². The fraction of sp³-hybridized carbons (Fsp3) is 0.429. The Morgan fingerprint density at radius 2 is 1.54 bits per heavy atom. The number of benzene rings is 2. The van der Waals surface area contributed by atoms with E-state index >= 15 is 0 Å². The Morgan fingerprint density at radius 3 is 2.15 bits per heavy atom. The molecule has 0 aromatic heterocycles. The molecule has 0 bridgehead atoms. The molecule has 2 rings (SSSR count). The van der Waals surface area contributed by atoms with Gasteiger partial charge < -0.3 is 18.9 Å². The largest absolute Gasteiger partial charge is 0.493 e. The summed E-state index contributed by atoms with van der Waals surface area (Å²) >= 11 is 0. The summed E-state index contributed by atoms with van der Waals surface area (Å²) in [6, 6.07) is 9.67. The Morgan fingerprint density at radius 1 is 0.885 bits per heavy atom. The molecule has 0 spiro atoms. The maximum absolute atomic E-state index is 14.4. The van der Waals surface area contributed by atoms with E-state index in [1.165, 1.54) is 13.2 Å². The third-order valence-electron chi connectivity index (χ3n) is 4.04. The van der Waals surface area contributed by atoms with Crippen LogP contribution in [0.3, 0.4) is 0 Å². The number of hydrogen-bond donors (Lipinski definition) is 0. The van der Waals surface area contributed by atoms with Gasteiger partial charge in [-0.1, -0.05) is 27.2 Å². The van der Waals surface area contributed by atoms with E-state index < -0.39 is 5.82 Å². The van der Waals surface area contributed by atoms with E-state index in [2.05, 4.69) is 20.8 Å². The maximum Gasteiger partial charge on any atom is 0.169 e. The molecule has 0 saturated heterocycles. The molecule has 0 N–H and O–H groups in total. The molecule has 0 unspecified atom stereocenters. The second-order valence-corrected chi connectivity index (χ2v) is 6.91. The van der Waals surface area contributed by atoms with E-state index in [0.717, 1.165) is 12.8 Å². The van der Waals surface area contributed by atoms with Crippen molar-refractivity contribution in [2.24, 2.45) is 5.41 Å². The van der Waals surface area contributed by atoms with Crippen LogP contribution in [-0.2, 0) is 0 Å². The molecule has 0 amide bonds. The lowest BCUT2D eigenvalue weighted by Gasteiger charge is -2.24. The Kier molecular flexibility index (Phi) is 6.72. The molecular weight excluding hydrogens is 335 g/mol. The summed E-state index contributed by atoms with van der Waals surface area (Å²) < 4.78 is 36.1. The SMILES string of the molecule is CCCC(C)(C)COc1ccc(Oc2ccc(OC)c(OC)c2)c(F)c1. The average Bonchev–Trinajstić information content (AvgIpc) is 2.62. The first-order chi connectivity index (χ1) is 12.4. The Balaban J connectivity index is 2.08. The van der Waals surface area contributed by atoms with E-state index in [4.69, 9.17) is 18.9 Å². The number of methoxy groups -OCH3 is 2. The number of ether oxygens (including phenoxy) is 4. The zero-order valence-corrected chi connectivity index (χ0v) is 16.1. The zero-order valence-electron chi connectivity index (χ0n) is 16.1. The minimum Gasteiger partial charge on any atom is -0.493 e. The molecule has 26 heavy (non-hydrogen) atoms. The predicted molar refractivity (Wildman–Crippen MR) is 100 cm³/mol. The van der Waals surface area contributed by atoms with E-state index in [9.17, 15) is 4.39 Å². The smallest absolute Gasteiger partial charge is 0.169 e. The van der Waals surface area contributed by atoms with Crippen molar-refractivity contribution in [2.45, 2.75) is 33.6 Å². The highest BCUT2D eigenvalue weighted by Gasteiger charge is 2.18. The molecule has 5 heteroatoms. The Labute approximate surface area is 154 Å². The normalized spacial score (nSPS) is 11.2. The first-order valence-corrected chi connectivity index (χ1v) is 8.71. The number of rotatable bonds is 9. The molecule has 0 aliphatic rings. The fourth-order valence-corrected chi connectivity index (χ4v) is 2.69. The quantitative estimate of drug-likeness (QED) is 0.561. The van der Waals surface area contributed by atoms with Crippen molar-refractivity contribution >= 4 is 0 Å². The third-order valence-corrected chi connectivity index (χ3v) is 4.04. The lowest BCUT2D eigenvalue weighted by Crippen LogP contribution is -2.21. The summed E-state index contributed by atoms with van der Waals surface area (Å²) in [7, 11) is 3.09. The molecule has 0 saturated carbocycles. The minimum absolute atomic E-state index is 0.0556. The summed E-state index contributed by atoms with van der Waals surface area (Å²) in [4.78, 5) is 0. The van der Waals surface area contributed by atoms with Crippen molar-refractivity contribution in [3.05, 3.63) is 42.2 Å². The summed E-state index contributed by atoms with van der Waals surface area (Å²) in [5, 5.41) is 0. The van der Waals surface area contributed by atoms with Gasteiger partial charge in [-0.25, -0.2) is 4.39 Å². The van der Waals surface area contributed by atoms with Gasteiger partial charge in [-0.15, -0.1) is 0 Å². The van der Waals surface area contributed by atoms with Crippen LogP contribution in [-0.4, -0.2) is 20.8 Å². The highest BCUT2D eigenvalue weighted by atomic mass is 19.1. The van der Waals surface area contributed by atoms with Crippen LogP contribution in [0, 0.1) is 11.2 Å². The van der Waals surface area contributed by atoms with Crippen molar-refractivity contribution in [1.82, 2.24) is 0 Å². The van der Waals surface area contributed by atoms with E-state index in [1.54, 1.807) is 37.4 Å². The van der Waals surface area contributed by atoms with Crippen molar-refractivity contribution in [3.8, 4) is 28.7 Å². The molecule has 0 aliphatic carbocycles. The second-order valence-electron chi connectivity index (χ2n) is 6.91. The van der Waals surface area contributed by atoms with Gasteiger partial charge in [0, 0.05) is 12.1 Å². The van der Waals surface area contributed by atoms with Crippen LogP contribution in [0.1, 0.15) is 33.6 Å². The average molecular weight is 362 g/mol. The summed E-state index contributed by atoms with van der Waals surface area (Å²) in [5.41, 5.74) is 0.0556. The standard InChI is InChI=1S/C21H27FO4/c1-6-11-21(2,3)14-25-15-7-9-18(17(22)12-15)26-16-8-10-19(23-4)20(13-16)24-5/h7-10,12-13H,6,11,14H2,1-5H3. The molecule has 0 fully saturated rings. The molecular formula is C21H27FO4. The van der Waals surface area contributed by atoms with Gasteiger partial charge in [0.25, 0.3) is 0 Å². The highest BCUT2D eigenvalue weighted by Crippen LogP contribution is 2.34. The van der Waals surface area contributed by atoms with Crippen LogP contribution in [0.2, 0.25) is 0 Å². The van der Waals surface area contributed by atoms with Crippen LogP contribution in [0.25, 0.3) is 0 Å². The topological polar surface area (TPSA) is 36.9 Å². The van der Waals surface area contributed by atoms with Gasteiger partial charge >= 0.3 is 0 Å². The lowest BCUT2D eigenvalue weighted by atomic mass is 9.89. The predicted octanol–water partition coefficient (Wildman–Crippen LogP) is 5.84. The van der Waals surface area contributed by atoms with Gasteiger partial charge in [-0.2, -0.15) is 0 Å². The molecule has 0 atom stereocenters. The lowest BCUT2D eigenvalue weighted by molar-refractivity contribution is 0.168. The van der Waals surface area contributed by atoms with Gasteiger partial charge in [0.1, 0.15) is 11.5 Å².